The number of hydrogen-bond acceptors (Lipinski definition) is 5. The Labute approximate surface area is 161 Å². The molecule has 142 valence electrons. The van der Waals surface area contributed by atoms with Gasteiger partial charge in [0.05, 0.1) is 6.10 Å². The third-order valence-electron chi connectivity index (χ3n) is 5.32. The summed E-state index contributed by atoms with van der Waals surface area (Å²) in [5.41, 5.74) is 2.68. The Morgan fingerprint density at radius 2 is 2.00 bits per heavy atom. The lowest BCUT2D eigenvalue weighted by Crippen LogP contribution is -2.34. The third-order valence-corrected chi connectivity index (χ3v) is 5.58. The van der Waals surface area contributed by atoms with E-state index in [4.69, 9.17) is 22.2 Å². The number of amidine groups is 1. The minimum Gasteiger partial charge on any atom is -0.387 e. The lowest BCUT2D eigenvalue weighted by molar-refractivity contribution is -0.0441. The summed E-state index contributed by atoms with van der Waals surface area (Å²) in [7, 11) is 0. The average Bonchev–Trinajstić information content (AvgIpc) is 3.23. The first-order valence-corrected chi connectivity index (χ1v) is 9.16. The van der Waals surface area contributed by atoms with E-state index in [-0.39, 0.29) is 5.92 Å². The minimum atomic E-state index is -1.06. The summed E-state index contributed by atoms with van der Waals surface area (Å²) in [6.45, 7) is 1.96. The van der Waals surface area contributed by atoms with Gasteiger partial charge < -0.3 is 25.4 Å². The molecule has 0 bridgehead atoms. The van der Waals surface area contributed by atoms with Crippen molar-refractivity contribution in [1.29, 1.82) is 0 Å². The second-order valence-electron chi connectivity index (χ2n) is 6.86. The molecule has 1 aromatic heterocycles. The van der Waals surface area contributed by atoms with E-state index in [1.807, 2.05) is 29.7 Å². The number of aliphatic imine (C=N–C) groups is 1. The fraction of sp³-hybridized carbons (Fsp3) is 0.368. The normalized spacial score (nSPS) is 29.9. The Kier molecular flexibility index (Phi) is 4.77. The standard InChI is InChI=1S/C19H21ClN4O3/c1-10(11-2-4-12(20)5-3-11)17-15(25)16(26)19(27-17)24-9-7-13-14(24)6-8-22-18(13)23-21/h2-5,7-10,15-17,19,25-26H,6,21H2,1H3/b23-18+/t10-,15-,16+,17+,19+/m0/s1. The van der Waals surface area contributed by atoms with E-state index >= 15 is 0 Å². The number of aliphatic hydroxyl groups excluding tert-OH is 2. The molecule has 0 amide bonds. The van der Waals surface area contributed by atoms with E-state index in [0.29, 0.717) is 17.3 Å². The number of fused-ring (bicyclic) bond motifs is 1. The highest BCUT2D eigenvalue weighted by Crippen LogP contribution is 2.38. The van der Waals surface area contributed by atoms with Gasteiger partial charge in [-0.2, -0.15) is 5.10 Å². The highest BCUT2D eigenvalue weighted by molar-refractivity contribution is 6.30. The number of ether oxygens (including phenoxy) is 1. The van der Waals surface area contributed by atoms with Gasteiger partial charge in [0.2, 0.25) is 0 Å². The van der Waals surface area contributed by atoms with Gasteiger partial charge >= 0.3 is 0 Å². The van der Waals surface area contributed by atoms with E-state index in [1.54, 1.807) is 24.5 Å². The van der Waals surface area contributed by atoms with Gasteiger partial charge in [-0.15, -0.1) is 0 Å². The molecule has 8 heteroatoms. The number of hydrazone groups is 1. The van der Waals surface area contributed by atoms with Crippen LogP contribution in [0.4, 0.5) is 0 Å². The number of aromatic nitrogens is 1. The first-order chi connectivity index (χ1) is 13.0. The van der Waals surface area contributed by atoms with Crippen LogP contribution in [-0.4, -0.2) is 45.1 Å². The molecule has 3 heterocycles. The quantitative estimate of drug-likeness (QED) is 0.550. The molecule has 2 aliphatic heterocycles. The summed E-state index contributed by atoms with van der Waals surface area (Å²) in [4.78, 5) is 4.18. The first kappa shape index (κ1) is 18.2. The summed E-state index contributed by atoms with van der Waals surface area (Å²) in [6.07, 6.45) is 0.771. The predicted octanol–water partition coefficient (Wildman–Crippen LogP) is 1.81. The summed E-state index contributed by atoms with van der Waals surface area (Å²) in [5.74, 6) is 5.72. The molecule has 2 aliphatic rings. The van der Waals surface area contributed by atoms with Gasteiger partial charge in [0.15, 0.2) is 12.1 Å². The maximum Gasteiger partial charge on any atom is 0.180 e. The molecule has 2 aromatic rings. The predicted molar refractivity (Wildman–Crippen MR) is 103 cm³/mol. The van der Waals surface area contributed by atoms with Crippen LogP contribution < -0.4 is 5.84 Å². The zero-order chi connectivity index (χ0) is 19.1. The summed E-state index contributed by atoms with van der Waals surface area (Å²) in [5, 5.41) is 25.6. The third kappa shape index (κ3) is 3.06. The van der Waals surface area contributed by atoms with Gasteiger partial charge in [0.1, 0.15) is 12.2 Å². The van der Waals surface area contributed by atoms with Gasteiger partial charge in [0, 0.05) is 41.0 Å². The fourth-order valence-corrected chi connectivity index (χ4v) is 3.94. The second-order valence-corrected chi connectivity index (χ2v) is 7.30. The van der Waals surface area contributed by atoms with E-state index in [0.717, 1.165) is 16.8 Å². The Hall–Kier alpha value is -2.19. The van der Waals surface area contributed by atoms with Gasteiger partial charge in [-0.05, 0) is 23.8 Å². The summed E-state index contributed by atoms with van der Waals surface area (Å²) < 4.78 is 7.95. The molecule has 0 aliphatic carbocycles. The maximum absolute atomic E-state index is 10.7. The Balaban J connectivity index is 1.62. The minimum absolute atomic E-state index is 0.119. The van der Waals surface area contributed by atoms with Crippen LogP contribution in [0.5, 0.6) is 0 Å². The molecule has 4 N–H and O–H groups in total. The average molecular weight is 389 g/mol. The van der Waals surface area contributed by atoms with Crippen molar-refractivity contribution in [1.82, 2.24) is 4.57 Å². The van der Waals surface area contributed by atoms with Crippen molar-refractivity contribution in [3.8, 4) is 0 Å². The Morgan fingerprint density at radius 3 is 2.70 bits per heavy atom. The van der Waals surface area contributed by atoms with Crippen LogP contribution in [-0.2, 0) is 11.2 Å². The monoisotopic (exact) mass is 388 g/mol. The van der Waals surface area contributed by atoms with Crippen LogP contribution in [0, 0.1) is 0 Å². The second kappa shape index (κ2) is 7.09. The smallest absolute Gasteiger partial charge is 0.180 e. The van der Waals surface area contributed by atoms with Gasteiger partial charge in [0.25, 0.3) is 0 Å². The van der Waals surface area contributed by atoms with Crippen molar-refractivity contribution in [2.45, 2.75) is 43.8 Å². The van der Waals surface area contributed by atoms with Crippen molar-refractivity contribution in [3.63, 3.8) is 0 Å². The van der Waals surface area contributed by atoms with E-state index in [1.165, 1.54) is 0 Å². The van der Waals surface area contributed by atoms with Crippen LogP contribution in [0.2, 0.25) is 5.02 Å². The van der Waals surface area contributed by atoms with Crippen molar-refractivity contribution < 1.29 is 14.9 Å². The molecule has 0 saturated carbocycles. The fourth-order valence-electron chi connectivity index (χ4n) is 3.81. The van der Waals surface area contributed by atoms with E-state index in [9.17, 15) is 10.2 Å². The van der Waals surface area contributed by atoms with Crippen molar-refractivity contribution in [2.75, 3.05) is 0 Å². The molecule has 27 heavy (non-hydrogen) atoms. The van der Waals surface area contributed by atoms with Crippen LogP contribution >= 0.6 is 11.6 Å². The molecule has 1 saturated heterocycles. The number of nitrogens with zero attached hydrogens (tertiary/aromatic N) is 3. The molecule has 0 unspecified atom stereocenters. The van der Waals surface area contributed by atoms with Crippen LogP contribution in [0.25, 0.3) is 0 Å². The zero-order valence-electron chi connectivity index (χ0n) is 14.7. The van der Waals surface area contributed by atoms with Gasteiger partial charge in [-0.3, -0.25) is 0 Å². The molecule has 0 radical (unpaired) electrons. The number of rotatable bonds is 3. The van der Waals surface area contributed by atoms with E-state index < -0.39 is 24.5 Å². The molecular weight excluding hydrogens is 368 g/mol. The Morgan fingerprint density at radius 1 is 1.26 bits per heavy atom. The van der Waals surface area contributed by atoms with Crippen molar-refractivity contribution in [3.05, 3.63) is 58.4 Å². The van der Waals surface area contributed by atoms with Crippen LogP contribution in [0.15, 0.2) is 46.6 Å². The maximum atomic E-state index is 10.7. The van der Waals surface area contributed by atoms with E-state index in [2.05, 4.69) is 10.1 Å². The zero-order valence-corrected chi connectivity index (χ0v) is 15.5. The van der Waals surface area contributed by atoms with Gasteiger partial charge in [-0.25, -0.2) is 4.99 Å². The van der Waals surface area contributed by atoms with Crippen molar-refractivity contribution >= 4 is 23.7 Å². The largest absolute Gasteiger partial charge is 0.387 e. The Bertz CT molecular complexity index is 893. The number of hydrogen-bond donors (Lipinski definition) is 3. The molecule has 5 atom stereocenters. The molecule has 4 rings (SSSR count). The molecule has 7 nitrogen and oxygen atoms in total. The molecule has 1 fully saturated rings. The first-order valence-electron chi connectivity index (χ1n) is 8.78. The lowest BCUT2D eigenvalue weighted by atomic mass is 9.91. The molecule has 1 aromatic carbocycles. The highest BCUT2D eigenvalue weighted by atomic mass is 35.5. The SMILES string of the molecule is C[C@@H](c1ccc(Cl)cc1)[C@H]1O[C@@H](n2ccc3c2CC=N/C3=N/N)[C@H](O)[C@@H]1O. The van der Waals surface area contributed by atoms with Gasteiger partial charge in [-0.1, -0.05) is 30.7 Å². The number of nitrogens with two attached hydrogens (primary N) is 1. The number of halogens is 1. The summed E-state index contributed by atoms with van der Waals surface area (Å²) >= 11 is 5.96. The van der Waals surface area contributed by atoms with Crippen LogP contribution in [0.1, 0.15) is 35.9 Å². The highest BCUT2D eigenvalue weighted by Gasteiger charge is 2.46. The topological polar surface area (TPSA) is 105 Å². The van der Waals surface area contributed by atoms with Crippen LogP contribution in [0.3, 0.4) is 0 Å². The van der Waals surface area contributed by atoms with Crippen molar-refractivity contribution in [2.24, 2.45) is 15.9 Å². The lowest BCUT2D eigenvalue weighted by Gasteiger charge is -2.23. The molecular formula is C19H21ClN4O3. The number of aliphatic hydroxyl groups is 2. The summed E-state index contributed by atoms with van der Waals surface area (Å²) in [6, 6.07) is 9.26. The number of benzene rings is 1. The molecule has 0 spiro atoms.